The van der Waals surface area contributed by atoms with E-state index in [0.29, 0.717) is 28.7 Å². The molecular weight excluding hydrogens is 412 g/mol. The van der Waals surface area contributed by atoms with Crippen LogP contribution in [0.1, 0.15) is 28.0 Å². The Kier molecular flexibility index (Phi) is 4.58. The first-order valence-corrected chi connectivity index (χ1v) is 10.0. The standard InChI is InChI=1S/C22H21ClO7/c1-25-16-4-10(5-17(26-2)21(16)27-3)18-11-6-14-15(30-9-29-14)7-12(11)20(23)13-8-28-22(24)19(13)18/h4-7,13,18-20H,8-9H2,1-3H3/t13-,18+,19-,20?/m1/s1. The zero-order chi connectivity index (χ0) is 21.0. The number of rotatable bonds is 4. The van der Waals surface area contributed by atoms with Gasteiger partial charge >= 0.3 is 5.97 Å². The maximum Gasteiger partial charge on any atom is 0.310 e. The van der Waals surface area contributed by atoms with E-state index in [2.05, 4.69) is 0 Å². The fourth-order valence-electron chi connectivity index (χ4n) is 4.78. The van der Waals surface area contributed by atoms with Crippen molar-refractivity contribution in [1.82, 2.24) is 0 Å². The number of fused-ring (bicyclic) bond motifs is 3. The molecule has 1 unspecified atom stereocenters. The van der Waals surface area contributed by atoms with Crippen molar-refractivity contribution in [1.29, 1.82) is 0 Å². The second kappa shape index (κ2) is 7.16. The van der Waals surface area contributed by atoms with Gasteiger partial charge in [0.25, 0.3) is 0 Å². The molecule has 2 aromatic carbocycles. The summed E-state index contributed by atoms with van der Waals surface area (Å²) in [5.74, 6) is 1.68. The highest BCUT2D eigenvalue weighted by atomic mass is 35.5. The molecule has 7 nitrogen and oxygen atoms in total. The van der Waals surface area contributed by atoms with Crippen LogP contribution in [0.15, 0.2) is 24.3 Å². The number of hydrogen-bond donors (Lipinski definition) is 0. The van der Waals surface area contributed by atoms with Gasteiger partial charge in [-0.25, -0.2) is 0 Å². The van der Waals surface area contributed by atoms with Crippen molar-refractivity contribution in [3.05, 3.63) is 41.0 Å². The number of carbonyl (C=O) groups excluding carboxylic acids is 1. The van der Waals surface area contributed by atoms with Crippen LogP contribution in [0.2, 0.25) is 0 Å². The van der Waals surface area contributed by atoms with Crippen LogP contribution in [-0.2, 0) is 9.53 Å². The number of benzene rings is 2. The summed E-state index contributed by atoms with van der Waals surface area (Å²) in [6.07, 6.45) is 0. The molecule has 8 heteroatoms. The highest BCUT2D eigenvalue weighted by Crippen LogP contribution is 2.57. The molecule has 0 radical (unpaired) electrons. The predicted octanol–water partition coefficient (Wildman–Crippen LogP) is 3.66. The average molecular weight is 433 g/mol. The number of carbonyl (C=O) groups is 1. The maximum atomic E-state index is 12.8. The number of esters is 1. The van der Waals surface area contributed by atoms with E-state index in [1.54, 1.807) is 21.3 Å². The first-order chi connectivity index (χ1) is 14.6. The first-order valence-electron chi connectivity index (χ1n) is 9.61. The average Bonchev–Trinajstić information content (AvgIpc) is 3.38. The maximum absolute atomic E-state index is 12.8. The Hall–Kier alpha value is -2.80. The van der Waals surface area contributed by atoms with E-state index < -0.39 is 5.92 Å². The molecular formula is C22H21ClO7. The van der Waals surface area contributed by atoms with Crippen LogP contribution in [0.5, 0.6) is 28.7 Å². The van der Waals surface area contributed by atoms with Crippen molar-refractivity contribution in [2.75, 3.05) is 34.7 Å². The van der Waals surface area contributed by atoms with Gasteiger partial charge in [0.1, 0.15) is 0 Å². The highest BCUT2D eigenvalue weighted by Gasteiger charge is 2.52. The summed E-state index contributed by atoms with van der Waals surface area (Å²) < 4.78 is 33.1. The van der Waals surface area contributed by atoms with Crippen molar-refractivity contribution >= 4 is 17.6 Å². The molecule has 2 aromatic rings. The fraction of sp³-hybridized carbons (Fsp3) is 0.409. The molecule has 2 aliphatic heterocycles. The van der Waals surface area contributed by atoms with Crippen molar-refractivity contribution in [2.24, 2.45) is 11.8 Å². The van der Waals surface area contributed by atoms with Crippen LogP contribution in [0, 0.1) is 11.8 Å². The first kappa shape index (κ1) is 19.2. The lowest BCUT2D eigenvalue weighted by Crippen LogP contribution is -2.33. The van der Waals surface area contributed by atoms with E-state index in [1.165, 1.54) is 0 Å². The van der Waals surface area contributed by atoms with Gasteiger partial charge in [-0.15, -0.1) is 11.6 Å². The van der Waals surface area contributed by atoms with Crippen LogP contribution in [-0.4, -0.2) is 40.7 Å². The van der Waals surface area contributed by atoms with Crippen molar-refractivity contribution in [3.8, 4) is 28.7 Å². The van der Waals surface area contributed by atoms with Gasteiger partial charge in [-0.3, -0.25) is 4.79 Å². The molecule has 0 saturated carbocycles. The number of methoxy groups -OCH3 is 3. The van der Waals surface area contributed by atoms with E-state index in [-0.39, 0.29) is 36.6 Å². The number of alkyl halides is 1. The number of ether oxygens (including phenoxy) is 6. The van der Waals surface area contributed by atoms with E-state index in [1.807, 2.05) is 24.3 Å². The molecule has 30 heavy (non-hydrogen) atoms. The van der Waals surface area contributed by atoms with Gasteiger partial charge < -0.3 is 28.4 Å². The van der Waals surface area contributed by atoms with Crippen molar-refractivity contribution in [2.45, 2.75) is 11.3 Å². The minimum atomic E-state index is -0.428. The Labute approximate surface area is 178 Å². The third kappa shape index (κ3) is 2.68. The lowest BCUT2D eigenvalue weighted by Gasteiger charge is -2.36. The smallest absolute Gasteiger partial charge is 0.310 e. The van der Waals surface area contributed by atoms with Crippen LogP contribution >= 0.6 is 11.6 Å². The van der Waals surface area contributed by atoms with Crippen molar-refractivity contribution in [3.63, 3.8) is 0 Å². The summed E-state index contributed by atoms with van der Waals surface area (Å²) in [5.41, 5.74) is 2.68. The third-order valence-corrected chi connectivity index (χ3v) is 6.70. The molecule has 1 fully saturated rings. The highest BCUT2D eigenvalue weighted by molar-refractivity contribution is 6.21. The Morgan fingerprint density at radius 3 is 2.13 bits per heavy atom. The predicted molar refractivity (Wildman–Crippen MR) is 107 cm³/mol. The van der Waals surface area contributed by atoms with Gasteiger partial charge in [0.05, 0.1) is 39.2 Å². The zero-order valence-electron chi connectivity index (χ0n) is 16.8. The van der Waals surface area contributed by atoms with Gasteiger partial charge in [-0.2, -0.15) is 0 Å². The molecule has 1 aliphatic carbocycles. The second-order valence-electron chi connectivity index (χ2n) is 7.49. The Balaban J connectivity index is 1.74. The summed E-state index contributed by atoms with van der Waals surface area (Å²) in [4.78, 5) is 12.8. The minimum absolute atomic E-state index is 0.156. The summed E-state index contributed by atoms with van der Waals surface area (Å²) in [6, 6.07) is 7.58. The number of halogens is 1. The molecule has 5 rings (SSSR count). The van der Waals surface area contributed by atoms with Crippen LogP contribution < -0.4 is 23.7 Å². The van der Waals surface area contributed by atoms with Gasteiger partial charge in [0.2, 0.25) is 12.5 Å². The van der Waals surface area contributed by atoms with E-state index in [9.17, 15) is 4.79 Å². The Bertz CT molecular complexity index is 996. The quantitative estimate of drug-likeness (QED) is 0.539. The molecule has 0 bridgehead atoms. The topological polar surface area (TPSA) is 72.5 Å². The summed E-state index contributed by atoms with van der Waals surface area (Å²) in [5, 5.41) is -0.371. The lowest BCUT2D eigenvalue weighted by atomic mass is 9.67. The normalized spacial score (nSPS) is 25.9. The number of cyclic esters (lactones) is 1. The van der Waals surface area contributed by atoms with Gasteiger partial charge in [0.15, 0.2) is 23.0 Å². The second-order valence-corrected chi connectivity index (χ2v) is 7.96. The summed E-state index contributed by atoms with van der Waals surface area (Å²) in [7, 11) is 4.68. The van der Waals surface area contributed by atoms with Crippen LogP contribution in [0.4, 0.5) is 0 Å². The molecule has 1 saturated heterocycles. The van der Waals surface area contributed by atoms with Gasteiger partial charge in [-0.05, 0) is 41.0 Å². The molecule has 0 N–H and O–H groups in total. The summed E-state index contributed by atoms with van der Waals surface area (Å²) >= 11 is 6.83. The minimum Gasteiger partial charge on any atom is -0.493 e. The molecule has 2 heterocycles. The van der Waals surface area contributed by atoms with E-state index >= 15 is 0 Å². The SMILES string of the molecule is COc1cc([C@H]2c3cc4c(cc3C(Cl)[C@@H]3COC(=O)[C@@H]23)OCO4)cc(OC)c1OC. The molecule has 158 valence electrons. The monoisotopic (exact) mass is 432 g/mol. The molecule has 0 spiro atoms. The lowest BCUT2D eigenvalue weighted by molar-refractivity contribution is -0.141. The van der Waals surface area contributed by atoms with Gasteiger partial charge in [-0.1, -0.05) is 0 Å². The molecule has 4 atom stereocenters. The van der Waals surface area contributed by atoms with E-state index in [0.717, 1.165) is 16.7 Å². The molecule has 0 aromatic heterocycles. The zero-order valence-corrected chi connectivity index (χ0v) is 17.5. The van der Waals surface area contributed by atoms with Crippen molar-refractivity contribution < 1.29 is 33.2 Å². The van der Waals surface area contributed by atoms with Gasteiger partial charge in [0, 0.05) is 11.8 Å². The third-order valence-electron chi connectivity index (χ3n) is 6.14. The number of hydrogen-bond acceptors (Lipinski definition) is 7. The van der Waals surface area contributed by atoms with Crippen LogP contribution in [0.3, 0.4) is 0 Å². The molecule has 3 aliphatic rings. The fourth-order valence-corrected chi connectivity index (χ4v) is 5.19. The molecule has 0 amide bonds. The Morgan fingerprint density at radius 2 is 1.53 bits per heavy atom. The largest absolute Gasteiger partial charge is 0.493 e. The summed E-state index contributed by atoms with van der Waals surface area (Å²) in [6.45, 7) is 0.446. The van der Waals surface area contributed by atoms with Crippen LogP contribution in [0.25, 0.3) is 0 Å². The van der Waals surface area contributed by atoms with E-state index in [4.69, 9.17) is 40.0 Å². The Morgan fingerprint density at radius 1 is 0.900 bits per heavy atom.